The van der Waals surface area contributed by atoms with E-state index in [0.717, 1.165) is 19.3 Å². The van der Waals surface area contributed by atoms with Crippen LogP contribution in [0.3, 0.4) is 0 Å². The number of unbranched alkanes of at least 4 members (excludes halogenated alkanes) is 2. The first kappa shape index (κ1) is 24.2. The molecule has 0 saturated carbocycles. The maximum absolute atomic E-state index is 11.2. The normalized spacial score (nSPS) is 13.9. The predicted octanol–water partition coefficient (Wildman–Crippen LogP) is -2.35. The summed E-state index contributed by atoms with van der Waals surface area (Å²) in [5.41, 5.74) is 0. The van der Waals surface area contributed by atoms with Crippen molar-refractivity contribution in [1.82, 2.24) is 0 Å². The Labute approximate surface area is 142 Å². The number of rotatable bonds is 9. The Morgan fingerprint density at radius 1 is 0.952 bits per heavy atom. The van der Waals surface area contributed by atoms with Crippen LogP contribution in [0.1, 0.15) is 32.6 Å². The second-order valence-corrected chi connectivity index (χ2v) is 9.71. The second kappa shape index (κ2) is 8.70. The van der Waals surface area contributed by atoms with Gasteiger partial charge in [0.05, 0.1) is 27.2 Å². The first-order chi connectivity index (χ1) is 8.77. The summed E-state index contributed by atoms with van der Waals surface area (Å²) >= 11 is 0. The van der Waals surface area contributed by atoms with E-state index in [2.05, 4.69) is 0 Å². The Bertz CT molecular complexity index is 384. The fourth-order valence-electron chi connectivity index (χ4n) is 1.82. The van der Waals surface area contributed by atoms with E-state index in [1.165, 1.54) is 0 Å². The summed E-state index contributed by atoms with van der Waals surface area (Å²) in [7, 11) is -7.11. The lowest BCUT2D eigenvalue weighted by atomic mass is 10.2. The van der Waals surface area contributed by atoms with E-state index in [0.29, 0.717) is 11.0 Å². The molecule has 0 amide bonds. The number of hydrogen-bond acceptors (Lipinski definition) is 3. The van der Waals surface area contributed by atoms with Crippen molar-refractivity contribution >= 4 is 15.2 Å². The highest BCUT2D eigenvalue weighted by Crippen LogP contribution is 2.68. The third kappa shape index (κ3) is 7.37. The molecule has 0 rings (SSSR count). The van der Waals surface area contributed by atoms with Crippen LogP contribution in [0.25, 0.3) is 0 Å². The van der Waals surface area contributed by atoms with Crippen LogP contribution < -0.4 is 24.0 Å². The van der Waals surface area contributed by atoms with Crippen molar-refractivity contribution in [2.45, 2.75) is 37.7 Å². The molecule has 0 saturated heterocycles. The summed E-state index contributed by atoms with van der Waals surface area (Å²) in [6, 6.07) is 0. The Morgan fingerprint density at radius 2 is 1.38 bits per heavy atom. The molecular formula is C10H26INO7P2. The van der Waals surface area contributed by atoms with Crippen LogP contribution in [-0.4, -0.2) is 61.4 Å². The Balaban J connectivity index is 0. The van der Waals surface area contributed by atoms with Crippen molar-refractivity contribution in [2.75, 3.05) is 27.2 Å². The standard InChI is InChI=1S/C10H25NO7P2.HI/c1-4-5-6-8-11(2,3)9-7-10(12,19(13,14)15)20(16,17)18;/h12H,4-9H2,1-3H3,(H3-,13,14,15,16,17,18);1H. The number of hydrogen-bond donors (Lipinski definition) is 5. The Hall–Kier alpha value is 0.950. The summed E-state index contributed by atoms with van der Waals surface area (Å²) in [5.74, 6) is 0. The van der Waals surface area contributed by atoms with E-state index < -0.39 is 26.7 Å². The molecule has 5 N–H and O–H groups in total. The van der Waals surface area contributed by atoms with Gasteiger partial charge in [-0.05, 0) is 12.8 Å². The third-order valence-corrected chi connectivity index (χ3v) is 7.23. The minimum absolute atomic E-state index is 0. The lowest BCUT2D eigenvalue weighted by Gasteiger charge is -2.35. The van der Waals surface area contributed by atoms with Gasteiger partial charge in [0.15, 0.2) is 0 Å². The molecule has 0 bridgehead atoms. The maximum Gasteiger partial charge on any atom is 0.369 e. The van der Waals surface area contributed by atoms with Gasteiger partial charge in [0.25, 0.3) is 5.08 Å². The van der Waals surface area contributed by atoms with Gasteiger partial charge in [0, 0.05) is 6.42 Å². The van der Waals surface area contributed by atoms with Crippen LogP contribution in [0.2, 0.25) is 0 Å². The summed E-state index contributed by atoms with van der Waals surface area (Å²) in [6.45, 7) is 2.79. The molecule has 0 aliphatic carbocycles. The van der Waals surface area contributed by atoms with Gasteiger partial charge in [-0.15, -0.1) is 0 Å². The predicted molar refractivity (Wildman–Crippen MR) is 75.0 cm³/mol. The molecule has 130 valence electrons. The summed E-state index contributed by atoms with van der Waals surface area (Å²) < 4.78 is 22.8. The van der Waals surface area contributed by atoms with E-state index in [9.17, 15) is 14.2 Å². The smallest absolute Gasteiger partial charge is 0.369 e. The van der Waals surface area contributed by atoms with Crippen LogP contribution in [0.4, 0.5) is 0 Å². The van der Waals surface area contributed by atoms with Crippen molar-refractivity contribution in [3.63, 3.8) is 0 Å². The lowest BCUT2D eigenvalue weighted by molar-refractivity contribution is -0.891. The van der Waals surface area contributed by atoms with Gasteiger partial charge in [0.2, 0.25) is 0 Å². The number of aliphatic hydroxyl groups is 1. The average Bonchev–Trinajstić information content (AvgIpc) is 2.23. The van der Waals surface area contributed by atoms with Gasteiger partial charge >= 0.3 is 15.2 Å². The highest BCUT2D eigenvalue weighted by molar-refractivity contribution is 7.72. The Kier molecular flexibility index (Phi) is 10.0. The molecule has 0 unspecified atom stereocenters. The molecule has 0 aromatic carbocycles. The average molecular weight is 461 g/mol. The topological polar surface area (TPSA) is 135 Å². The van der Waals surface area contributed by atoms with Crippen LogP contribution in [0.15, 0.2) is 0 Å². The molecule has 0 radical (unpaired) electrons. The van der Waals surface area contributed by atoms with Gasteiger partial charge in [-0.1, -0.05) is 13.3 Å². The van der Waals surface area contributed by atoms with Gasteiger partial charge in [-0.2, -0.15) is 0 Å². The molecule has 0 spiro atoms. The van der Waals surface area contributed by atoms with Crippen LogP contribution >= 0.6 is 15.2 Å². The van der Waals surface area contributed by atoms with Gasteiger partial charge in [-0.25, -0.2) is 0 Å². The molecule has 0 atom stereocenters. The largest absolute Gasteiger partial charge is 1.00 e. The third-order valence-electron chi connectivity index (χ3n) is 3.35. The molecule has 21 heavy (non-hydrogen) atoms. The van der Waals surface area contributed by atoms with E-state index in [4.69, 9.17) is 19.6 Å². The molecule has 0 aromatic rings. The monoisotopic (exact) mass is 461 g/mol. The minimum atomic E-state index is -5.34. The number of nitrogens with zero attached hydrogens (tertiary/aromatic N) is 1. The Morgan fingerprint density at radius 3 is 1.71 bits per heavy atom. The number of halogens is 1. The summed E-state index contributed by atoms with van der Waals surface area (Å²) in [4.78, 5) is 36.2. The van der Waals surface area contributed by atoms with Crippen LogP contribution in [0.5, 0.6) is 0 Å². The zero-order chi connectivity index (χ0) is 16.2. The van der Waals surface area contributed by atoms with Crippen molar-refractivity contribution in [3.8, 4) is 0 Å². The van der Waals surface area contributed by atoms with Crippen molar-refractivity contribution in [3.05, 3.63) is 0 Å². The van der Waals surface area contributed by atoms with E-state index in [-0.39, 0.29) is 30.5 Å². The highest BCUT2D eigenvalue weighted by atomic mass is 127. The first-order valence-electron chi connectivity index (χ1n) is 6.42. The maximum atomic E-state index is 11.2. The molecule has 0 heterocycles. The fourth-order valence-corrected chi connectivity index (χ4v) is 3.96. The number of quaternary nitrogens is 1. The molecule has 0 aliphatic rings. The van der Waals surface area contributed by atoms with Crippen LogP contribution in [-0.2, 0) is 9.13 Å². The molecule has 0 fully saturated rings. The summed E-state index contributed by atoms with van der Waals surface area (Å²) in [5, 5.41) is 6.48. The minimum Gasteiger partial charge on any atom is -1.00 e. The van der Waals surface area contributed by atoms with Crippen molar-refractivity contribution in [2.24, 2.45) is 0 Å². The first-order valence-corrected chi connectivity index (χ1v) is 9.65. The van der Waals surface area contributed by atoms with Gasteiger partial charge in [-0.3, -0.25) is 9.13 Å². The van der Waals surface area contributed by atoms with Gasteiger partial charge in [0.1, 0.15) is 0 Å². The quantitative estimate of drug-likeness (QED) is 0.112. The van der Waals surface area contributed by atoms with Crippen molar-refractivity contribution < 1.29 is 62.3 Å². The van der Waals surface area contributed by atoms with E-state index in [1.807, 2.05) is 6.92 Å². The molecule has 8 nitrogen and oxygen atoms in total. The second-order valence-electron chi connectivity index (χ2n) is 5.70. The molecular weight excluding hydrogens is 435 g/mol. The fraction of sp³-hybridized carbons (Fsp3) is 1.00. The zero-order valence-electron chi connectivity index (χ0n) is 12.5. The summed E-state index contributed by atoms with van der Waals surface area (Å²) in [6.07, 6.45) is 2.26. The van der Waals surface area contributed by atoms with Crippen molar-refractivity contribution in [1.29, 1.82) is 0 Å². The molecule has 0 aliphatic heterocycles. The van der Waals surface area contributed by atoms with E-state index >= 15 is 0 Å². The van der Waals surface area contributed by atoms with Gasteiger partial charge < -0.3 is 53.1 Å². The SMILES string of the molecule is CCCCC[N+](C)(C)CCC(O)(P(=O)(O)O)P(=O)(O)O.[I-]. The lowest BCUT2D eigenvalue weighted by Crippen LogP contribution is -3.00. The molecule has 0 aromatic heterocycles. The molecule has 11 heteroatoms. The van der Waals surface area contributed by atoms with Crippen LogP contribution in [0, 0.1) is 0 Å². The van der Waals surface area contributed by atoms with E-state index in [1.54, 1.807) is 14.1 Å². The highest BCUT2D eigenvalue weighted by Gasteiger charge is 2.59. The zero-order valence-corrected chi connectivity index (χ0v) is 16.5.